The van der Waals surface area contributed by atoms with Crippen molar-refractivity contribution in [3.63, 3.8) is 0 Å². The fraction of sp³-hybridized carbons (Fsp3) is 0.696. The van der Waals surface area contributed by atoms with Gasteiger partial charge in [0.1, 0.15) is 11.9 Å². The second-order valence-electron chi connectivity index (χ2n) is 8.21. The van der Waals surface area contributed by atoms with Crippen LogP contribution in [0.15, 0.2) is 22.8 Å². The molecule has 1 atom stereocenters. The minimum Gasteiger partial charge on any atom is -0.481 e. The Balaban J connectivity index is 0.000000366. The summed E-state index contributed by atoms with van der Waals surface area (Å²) in [4.78, 5) is 32.9. The van der Waals surface area contributed by atoms with Gasteiger partial charge in [0.25, 0.3) is 0 Å². The summed E-state index contributed by atoms with van der Waals surface area (Å²) in [5, 5.41) is 33.8. The number of likely N-dealkylation sites (N-methyl/N-ethyl adjacent to an activating group) is 1. The minimum absolute atomic E-state index is 0.154. The van der Waals surface area contributed by atoms with Gasteiger partial charge in [-0.3, -0.25) is 9.59 Å². The largest absolute Gasteiger partial charge is 0.481 e. The maximum Gasteiger partial charge on any atom is 0.336 e. The molecule has 0 spiro atoms. The third-order valence-corrected chi connectivity index (χ3v) is 5.79. The van der Waals surface area contributed by atoms with E-state index in [1.54, 1.807) is 6.26 Å². The van der Waals surface area contributed by atoms with Crippen molar-refractivity contribution >= 4 is 17.9 Å². The highest BCUT2D eigenvalue weighted by molar-refractivity contribution is 5.88. The van der Waals surface area contributed by atoms with Crippen molar-refractivity contribution in [3.05, 3.63) is 24.2 Å². The van der Waals surface area contributed by atoms with Crippen LogP contribution < -0.4 is 0 Å². The van der Waals surface area contributed by atoms with Crippen molar-refractivity contribution in [1.82, 2.24) is 4.90 Å². The summed E-state index contributed by atoms with van der Waals surface area (Å²) >= 11 is 0. The molecule has 1 aromatic rings. The average Bonchev–Trinajstić information content (AvgIpc) is 3.28. The molecule has 10 heteroatoms. The molecular formula is C23H37NO9. The van der Waals surface area contributed by atoms with Crippen LogP contribution in [-0.4, -0.2) is 75.1 Å². The highest BCUT2D eigenvalue weighted by atomic mass is 16.5. The minimum atomic E-state index is -2.74. The van der Waals surface area contributed by atoms with E-state index >= 15 is 0 Å². The quantitative estimate of drug-likeness (QED) is 0.337. The van der Waals surface area contributed by atoms with Crippen molar-refractivity contribution in [2.45, 2.75) is 70.5 Å². The summed E-state index contributed by atoms with van der Waals surface area (Å²) < 4.78 is 11.8. The molecule has 1 aromatic heterocycles. The number of hydrogen-bond donors (Lipinski definition) is 4. The van der Waals surface area contributed by atoms with E-state index in [4.69, 9.17) is 29.6 Å². The first-order valence-electron chi connectivity index (χ1n) is 11.4. The molecule has 0 aromatic carbocycles. The zero-order chi connectivity index (χ0) is 24.9. The number of hydrogen-bond acceptors (Lipinski definition) is 7. The SMILES string of the molecule is CCN(CC)CCOC(c1ccco1)C1CCCCC1.O=C(O)CC(O)(CC(=O)O)C(=O)O. The molecule has 1 aliphatic carbocycles. The van der Waals surface area contributed by atoms with E-state index in [0.717, 1.165) is 32.0 Å². The number of nitrogens with zero attached hydrogens (tertiary/aromatic N) is 1. The zero-order valence-electron chi connectivity index (χ0n) is 19.4. The number of ether oxygens (including phenoxy) is 1. The number of carboxylic acids is 3. The Morgan fingerprint density at radius 3 is 2.09 bits per heavy atom. The summed E-state index contributed by atoms with van der Waals surface area (Å²) in [5.41, 5.74) is -2.74. The van der Waals surface area contributed by atoms with Crippen molar-refractivity contribution in [2.75, 3.05) is 26.2 Å². The lowest BCUT2D eigenvalue weighted by atomic mass is 9.84. The summed E-state index contributed by atoms with van der Waals surface area (Å²) in [6.45, 7) is 8.40. The van der Waals surface area contributed by atoms with Crippen molar-refractivity contribution in [1.29, 1.82) is 0 Å². The highest BCUT2D eigenvalue weighted by Crippen LogP contribution is 2.37. The lowest BCUT2D eigenvalue weighted by Gasteiger charge is -2.29. The highest BCUT2D eigenvalue weighted by Gasteiger charge is 2.40. The molecule has 1 saturated carbocycles. The van der Waals surface area contributed by atoms with Gasteiger partial charge in [-0.1, -0.05) is 33.1 Å². The van der Waals surface area contributed by atoms with Crippen molar-refractivity contribution in [3.8, 4) is 0 Å². The van der Waals surface area contributed by atoms with Crippen LogP contribution in [0.5, 0.6) is 0 Å². The molecule has 0 bridgehead atoms. The molecule has 1 aliphatic rings. The summed E-state index contributed by atoms with van der Waals surface area (Å²) in [5.74, 6) is -3.38. The molecule has 188 valence electrons. The summed E-state index contributed by atoms with van der Waals surface area (Å²) in [6.07, 6.45) is 6.22. The number of aliphatic hydroxyl groups is 1. The maximum atomic E-state index is 10.3. The van der Waals surface area contributed by atoms with Gasteiger partial charge < -0.3 is 34.5 Å². The van der Waals surface area contributed by atoms with E-state index in [9.17, 15) is 14.4 Å². The zero-order valence-corrected chi connectivity index (χ0v) is 19.4. The Labute approximate surface area is 194 Å². The van der Waals surface area contributed by atoms with E-state index in [0.29, 0.717) is 5.92 Å². The van der Waals surface area contributed by atoms with Crippen LogP contribution in [0, 0.1) is 5.92 Å². The molecule has 0 radical (unpaired) electrons. The van der Waals surface area contributed by atoms with Gasteiger partial charge in [-0.05, 0) is 44.0 Å². The topological polar surface area (TPSA) is 158 Å². The first kappa shape index (κ1) is 28.6. The fourth-order valence-electron chi connectivity index (χ4n) is 3.90. The third-order valence-electron chi connectivity index (χ3n) is 5.79. The molecule has 33 heavy (non-hydrogen) atoms. The van der Waals surface area contributed by atoms with Gasteiger partial charge in [0, 0.05) is 6.54 Å². The van der Waals surface area contributed by atoms with E-state index in [-0.39, 0.29) is 6.10 Å². The first-order chi connectivity index (χ1) is 15.6. The van der Waals surface area contributed by atoms with E-state index in [2.05, 4.69) is 24.8 Å². The van der Waals surface area contributed by atoms with Crippen LogP contribution in [0.1, 0.15) is 70.7 Å². The van der Waals surface area contributed by atoms with Crippen LogP contribution in [0.25, 0.3) is 0 Å². The monoisotopic (exact) mass is 471 g/mol. The Morgan fingerprint density at radius 2 is 1.67 bits per heavy atom. The molecule has 1 heterocycles. The Kier molecular flexibility index (Phi) is 12.7. The van der Waals surface area contributed by atoms with Gasteiger partial charge >= 0.3 is 17.9 Å². The van der Waals surface area contributed by atoms with Gasteiger partial charge in [-0.25, -0.2) is 4.79 Å². The standard InChI is InChI=1S/C17H29NO2.C6H8O7/c1-3-18(4-2)12-14-20-17(16-11-8-13-19-16)15-9-6-5-7-10-15;7-3(8)1-6(13,5(11)12)2-4(9)10/h8,11,13,15,17H,3-7,9-10,12,14H2,1-2H3;13H,1-2H2,(H,7,8)(H,9,10)(H,11,12). The molecule has 1 fully saturated rings. The summed E-state index contributed by atoms with van der Waals surface area (Å²) in [6, 6.07) is 4.04. The number of aliphatic carboxylic acids is 3. The van der Waals surface area contributed by atoms with Crippen LogP contribution in [0.4, 0.5) is 0 Å². The summed E-state index contributed by atoms with van der Waals surface area (Å²) in [7, 11) is 0. The van der Waals surface area contributed by atoms with Gasteiger partial charge in [-0.15, -0.1) is 0 Å². The van der Waals surface area contributed by atoms with E-state index in [1.165, 1.54) is 32.1 Å². The van der Waals surface area contributed by atoms with Crippen molar-refractivity contribution in [2.24, 2.45) is 5.92 Å². The molecule has 4 N–H and O–H groups in total. The van der Waals surface area contributed by atoms with Gasteiger partial charge in [0.2, 0.25) is 0 Å². The molecule has 0 amide bonds. The Hall–Kier alpha value is -2.43. The molecule has 10 nitrogen and oxygen atoms in total. The molecule has 1 unspecified atom stereocenters. The van der Waals surface area contributed by atoms with Crippen LogP contribution in [0.2, 0.25) is 0 Å². The predicted molar refractivity (Wildman–Crippen MR) is 119 cm³/mol. The number of rotatable bonds is 13. The maximum absolute atomic E-state index is 10.3. The smallest absolute Gasteiger partial charge is 0.336 e. The van der Waals surface area contributed by atoms with Crippen molar-refractivity contribution < 1.29 is 44.0 Å². The van der Waals surface area contributed by atoms with Gasteiger partial charge in [0.15, 0.2) is 5.60 Å². The van der Waals surface area contributed by atoms with E-state index < -0.39 is 36.4 Å². The predicted octanol–water partition coefficient (Wildman–Crippen LogP) is 3.01. The van der Waals surface area contributed by atoms with Crippen LogP contribution in [-0.2, 0) is 19.1 Å². The lowest BCUT2D eigenvalue weighted by Crippen LogP contribution is -2.42. The first-order valence-corrected chi connectivity index (χ1v) is 11.4. The number of carboxylic acid groups (broad SMARTS) is 3. The van der Waals surface area contributed by atoms with Crippen LogP contribution >= 0.6 is 0 Å². The Morgan fingerprint density at radius 1 is 1.09 bits per heavy atom. The van der Waals surface area contributed by atoms with Crippen LogP contribution in [0.3, 0.4) is 0 Å². The molecule has 0 aliphatic heterocycles. The molecule has 2 rings (SSSR count). The second kappa shape index (κ2) is 14.7. The normalized spacial score (nSPS) is 15.5. The molecular weight excluding hydrogens is 434 g/mol. The fourth-order valence-corrected chi connectivity index (χ4v) is 3.90. The molecule has 0 saturated heterocycles. The van der Waals surface area contributed by atoms with Gasteiger partial charge in [-0.2, -0.15) is 0 Å². The number of carbonyl (C=O) groups is 3. The van der Waals surface area contributed by atoms with E-state index in [1.807, 2.05) is 6.07 Å². The average molecular weight is 472 g/mol. The van der Waals surface area contributed by atoms with Gasteiger partial charge in [0.05, 0.1) is 25.7 Å². The third kappa shape index (κ3) is 10.4. The lowest BCUT2D eigenvalue weighted by molar-refractivity contribution is -0.170. The second-order valence-corrected chi connectivity index (χ2v) is 8.21. The Bertz CT molecular complexity index is 694. The number of furan rings is 1.